The molecule has 0 amide bonds. The minimum Gasteiger partial charge on any atom is -0.302 e. The van der Waals surface area contributed by atoms with Crippen molar-refractivity contribution in [2.45, 2.75) is 33.2 Å². The summed E-state index contributed by atoms with van der Waals surface area (Å²) >= 11 is 9.80. The van der Waals surface area contributed by atoms with Gasteiger partial charge in [0.1, 0.15) is 0 Å². The van der Waals surface area contributed by atoms with E-state index in [-0.39, 0.29) is 0 Å². The zero-order valence-electron chi connectivity index (χ0n) is 10.9. The van der Waals surface area contributed by atoms with Crippen LogP contribution in [0.1, 0.15) is 32.3 Å². The van der Waals surface area contributed by atoms with Crippen LogP contribution in [0.15, 0.2) is 15.2 Å². The van der Waals surface area contributed by atoms with Gasteiger partial charge in [0.2, 0.25) is 0 Å². The van der Waals surface area contributed by atoms with Crippen molar-refractivity contribution in [2.75, 3.05) is 19.3 Å². The molecule has 0 radical (unpaired) electrons. The van der Waals surface area contributed by atoms with E-state index in [0.29, 0.717) is 5.41 Å². The fourth-order valence-electron chi connectivity index (χ4n) is 2.12. The van der Waals surface area contributed by atoms with Crippen LogP contribution in [0.4, 0.5) is 0 Å². The summed E-state index contributed by atoms with van der Waals surface area (Å²) in [6.45, 7) is 6.69. The molecule has 4 heteroatoms. The van der Waals surface area contributed by atoms with E-state index in [2.05, 4.69) is 65.8 Å². The van der Waals surface area contributed by atoms with E-state index in [9.17, 15) is 0 Å². The standard InChI is InChI=1S/C13H22BrNS2/c1-4-13(5-2,10-16)9-15(3)7-11-6-12(14)17-8-11/h6,8,16H,4-5,7,9-10H2,1-3H3. The maximum atomic E-state index is 4.53. The average Bonchev–Trinajstić information content (AvgIpc) is 2.72. The van der Waals surface area contributed by atoms with Crippen LogP contribution in [0.2, 0.25) is 0 Å². The van der Waals surface area contributed by atoms with Gasteiger partial charge in [-0.05, 0) is 64.0 Å². The summed E-state index contributed by atoms with van der Waals surface area (Å²) in [5.41, 5.74) is 1.76. The molecule has 17 heavy (non-hydrogen) atoms. The molecule has 0 unspecified atom stereocenters. The number of thiophene rings is 1. The van der Waals surface area contributed by atoms with Crippen LogP contribution in [-0.4, -0.2) is 24.2 Å². The second kappa shape index (κ2) is 7.17. The Hall–Kier alpha value is 0.490. The lowest BCUT2D eigenvalue weighted by molar-refractivity contribution is 0.179. The van der Waals surface area contributed by atoms with Crippen LogP contribution in [0.25, 0.3) is 0 Å². The van der Waals surface area contributed by atoms with Gasteiger partial charge < -0.3 is 4.90 Å². The normalized spacial score (nSPS) is 12.4. The van der Waals surface area contributed by atoms with Crippen LogP contribution in [0.5, 0.6) is 0 Å². The highest BCUT2D eigenvalue weighted by atomic mass is 79.9. The van der Waals surface area contributed by atoms with Crippen LogP contribution in [0.3, 0.4) is 0 Å². The van der Waals surface area contributed by atoms with Crippen LogP contribution >= 0.6 is 39.9 Å². The second-order valence-corrected chi connectivity index (χ2v) is 7.40. The van der Waals surface area contributed by atoms with Crippen molar-refractivity contribution in [3.63, 3.8) is 0 Å². The molecule has 0 spiro atoms. The van der Waals surface area contributed by atoms with E-state index in [0.717, 1.165) is 18.8 Å². The first kappa shape index (κ1) is 15.5. The van der Waals surface area contributed by atoms with Gasteiger partial charge in [-0.1, -0.05) is 13.8 Å². The molecule has 0 saturated carbocycles. The first-order valence-corrected chi connectivity index (χ1v) is 8.38. The minimum absolute atomic E-state index is 0.366. The van der Waals surface area contributed by atoms with Gasteiger partial charge >= 0.3 is 0 Å². The van der Waals surface area contributed by atoms with E-state index >= 15 is 0 Å². The molecule has 0 N–H and O–H groups in total. The van der Waals surface area contributed by atoms with Crippen molar-refractivity contribution < 1.29 is 0 Å². The molecule has 0 aliphatic carbocycles. The van der Waals surface area contributed by atoms with Gasteiger partial charge in [0.25, 0.3) is 0 Å². The Kier molecular flexibility index (Phi) is 6.56. The van der Waals surface area contributed by atoms with E-state index in [4.69, 9.17) is 0 Å². The Balaban J connectivity index is 2.56. The number of nitrogens with zero attached hydrogens (tertiary/aromatic N) is 1. The molecular formula is C13H22BrNS2. The molecule has 0 saturated heterocycles. The quantitative estimate of drug-likeness (QED) is 0.708. The monoisotopic (exact) mass is 335 g/mol. The smallest absolute Gasteiger partial charge is 0.0701 e. The summed E-state index contributed by atoms with van der Waals surface area (Å²) in [5, 5.41) is 2.22. The molecule has 1 aromatic rings. The Morgan fingerprint density at radius 2 is 2.06 bits per heavy atom. The summed E-state index contributed by atoms with van der Waals surface area (Å²) in [7, 11) is 2.20. The second-order valence-electron chi connectivity index (χ2n) is 4.80. The van der Waals surface area contributed by atoms with Crippen molar-refractivity contribution in [1.82, 2.24) is 4.90 Å². The zero-order valence-corrected chi connectivity index (χ0v) is 14.2. The van der Waals surface area contributed by atoms with Crippen molar-refractivity contribution in [3.05, 3.63) is 20.8 Å². The summed E-state index contributed by atoms with van der Waals surface area (Å²) < 4.78 is 1.22. The van der Waals surface area contributed by atoms with Crippen LogP contribution in [0, 0.1) is 5.41 Å². The highest BCUT2D eigenvalue weighted by Crippen LogP contribution is 2.29. The van der Waals surface area contributed by atoms with Gasteiger partial charge in [-0.25, -0.2) is 0 Å². The Morgan fingerprint density at radius 3 is 2.47 bits per heavy atom. The molecule has 1 heterocycles. The largest absolute Gasteiger partial charge is 0.302 e. The number of halogens is 1. The minimum atomic E-state index is 0.366. The van der Waals surface area contributed by atoms with E-state index < -0.39 is 0 Å². The lowest BCUT2D eigenvalue weighted by atomic mass is 9.84. The number of hydrogen-bond donors (Lipinski definition) is 1. The fourth-order valence-corrected chi connectivity index (χ4v) is 3.86. The van der Waals surface area contributed by atoms with Gasteiger partial charge in [0, 0.05) is 13.1 Å². The third-order valence-electron chi connectivity index (χ3n) is 3.51. The summed E-state index contributed by atoms with van der Waals surface area (Å²) in [4.78, 5) is 2.41. The molecule has 0 bridgehead atoms. The molecule has 0 aromatic carbocycles. The maximum absolute atomic E-state index is 4.53. The van der Waals surface area contributed by atoms with Gasteiger partial charge in [-0.2, -0.15) is 12.6 Å². The predicted octanol–water partition coefficient (Wildman–Crippen LogP) is 4.68. The lowest BCUT2D eigenvalue weighted by Crippen LogP contribution is -2.36. The number of rotatable bonds is 7. The molecule has 0 aliphatic heterocycles. The fraction of sp³-hybridized carbons (Fsp3) is 0.692. The Morgan fingerprint density at radius 1 is 1.41 bits per heavy atom. The van der Waals surface area contributed by atoms with Crippen molar-refractivity contribution in [1.29, 1.82) is 0 Å². The third-order valence-corrected chi connectivity index (χ3v) is 5.74. The lowest BCUT2D eigenvalue weighted by Gasteiger charge is -2.34. The van der Waals surface area contributed by atoms with Gasteiger partial charge in [-0.15, -0.1) is 11.3 Å². The zero-order chi connectivity index (χ0) is 12.9. The van der Waals surface area contributed by atoms with Crippen LogP contribution in [-0.2, 0) is 6.54 Å². The van der Waals surface area contributed by atoms with E-state index in [1.165, 1.54) is 22.2 Å². The molecule has 98 valence electrons. The summed E-state index contributed by atoms with van der Waals surface area (Å²) in [5.74, 6) is 0.970. The first-order chi connectivity index (χ1) is 8.05. The predicted molar refractivity (Wildman–Crippen MR) is 85.2 cm³/mol. The maximum Gasteiger partial charge on any atom is 0.0701 e. The van der Waals surface area contributed by atoms with Crippen molar-refractivity contribution in [3.8, 4) is 0 Å². The summed E-state index contributed by atoms with van der Waals surface area (Å²) in [6, 6.07) is 2.21. The average molecular weight is 336 g/mol. The number of thiol groups is 1. The van der Waals surface area contributed by atoms with Crippen molar-refractivity contribution in [2.24, 2.45) is 5.41 Å². The van der Waals surface area contributed by atoms with E-state index in [1.54, 1.807) is 11.3 Å². The SMILES string of the molecule is CCC(CC)(CS)CN(C)Cc1csc(Br)c1. The highest BCUT2D eigenvalue weighted by molar-refractivity contribution is 9.11. The third kappa shape index (κ3) is 4.58. The Labute approximate surface area is 123 Å². The molecular weight excluding hydrogens is 314 g/mol. The van der Waals surface area contributed by atoms with Gasteiger partial charge in [0.15, 0.2) is 0 Å². The highest BCUT2D eigenvalue weighted by Gasteiger charge is 2.26. The molecule has 0 aliphatic rings. The molecule has 1 rings (SSSR count). The molecule has 0 fully saturated rings. The molecule has 0 atom stereocenters. The molecule has 1 nitrogen and oxygen atoms in total. The van der Waals surface area contributed by atoms with Gasteiger partial charge in [0.05, 0.1) is 3.79 Å². The van der Waals surface area contributed by atoms with Crippen molar-refractivity contribution >= 4 is 39.9 Å². The number of hydrogen-bond acceptors (Lipinski definition) is 3. The van der Waals surface area contributed by atoms with E-state index in [1.807, 2.05) is 0 Å². The molecule has 1 aromatic heterocycles. The van der Waals surface area contributed by atoms with Crippen LogP contribution < -0.4 is 0 Å². The Bertz CT molecular complexity index is 326. The first-order valence-electron chi connectivity index (χ1n) is 6.07. The van der Waals surface area contributed by atoms with Gasteiger partial charge in [-0.3, -0.25) is 0 Å². The summed E-state index contributed by atoms with van der Waals surface area (Å²) in [6.07, 6.45) is 2.40. The topological polar surface area (TPSA) is 3.24 Å².